The molecule has 0 heterocycles. The van der Waals surface area contributed by atoms with Gasteiger partial charge in [0.25, 0.3) is 0 Å². The molecule has 0 aromatic heterocycles. The van der Waals surface area contributed by atoms with Gasteiger partial charge in [-0.1, -0.05) is 7.43 Å². The molecule has 0 fully saturated rings. The smallest absolute Gasteiger partial charge is 0 e. The Bertz CT molecular complexity index is 8.00. The average Bonchev–Trinajstić information content (AvgIpc) is 1.00. The predicted octanol–water partition coefficient (Wildman–Crippen LogP) is 0.883. The van der Waals surface area contributed by atoms with Crippen LogP contribution in [0, 0.1) is 12.8 Å². The van der Waals surface area contributed by atoms with E-state index in [1.54, 1.807) is 0 Å². The Morgan fingerprint density at radius 3 is 1.00 bits per heavy atom. The van der Waals surface area contributed by atoms with Crippen LogP contribution < -0.4 is 0 Å². The van der Waals surface area contributed by atoms with Crippen LogP contribution in [0.5, 0.6) is 0 Å². The molecule has 0 bridgehead atoms. The van der Waals surface area contributed by atoms with Crippen molar-refractivity contribution < 1.29 is 16.5 Å². The second-order valence-electron chi connectivity index (χ2n) is 0. The van der Waals surface area contributed by atoms with Crippen LogP contribution in [0.25, 0.3) is 0 Å². The average molecular weight is 101 g/mol. The Morgan fingerprint density at radius 1 is 1.00 bits per heavy atom. The van der Waals surface area contributed by atoms with Crippen LogP contribution in [0.3, 0.4) is 0 Å². The molecule has 28 valence electrons. The van der Waals surface area contributed by atoms with Gasteiger partial charge in [0.05, 0.1) is 0 Å². The van der Waals surface area contributed by atoms with Crippen molar-refractivity contribution in [2.75, 3.05) is 0 Å². The summed E-state index contributed by atoms with van der Waals surface area (Å²) < 4.78 is 0. The molecular formula is C3H6Ni. The summed E-state index contributed by atoms with van der Waals surface area (Å²) in [5.74, 6) is 0. The van der Waals surface area contributed by atoms with Gasteiger partial charge in [-0.25, -0.2) is 0 Å². The zero-order valence-electron chi connectivity index (χ0n) is 1.47. The first-order valence-corrected chi connectivity index (χ1v) is 0.333. The van der Waals surface area contributed by atoms with Gasteiger partial charge in [0.15, 0.2) is 0 Å². The molecule has 0 radical (unpaired) electrons. The van der Waals surface area contributed by atoms with Crippen molar-refractivity contribution >= 4 is 0 Å². The Kier molecular flexibility index (Phi) is 38300. The molecule has 1 heteroatoms. The fraction of sp³-hybridized carbons (Fsp3) is 0.333. The van der Waals surface area contributed by atoms with Crippen molar-refractivity contribution in [2.45, 2.75) is 7.43 Å². The van der Waals surface area contributed by atoms with Gasteiger partial charge >= 0.3 is 0 Å². The second kappa shape index (κ2) is 4500. The van der Waals surface area contributed by atoms with Crippen LogP contribution >= 0.6 is 0 Å². The van der Waals surface area contributed by atoms with Crippen LogP contribution in [0.1, 0.15) is 7.43 Å². The molecule has 0 aromatic rings. The summed E-state index contributed by atoms with van der Waals surface area (Å²) in [4.78, 5) is 0. The molecule has 0 amide bonds. The maximum absolute atomic E-state index is 4.00. The summed E-state index contributed by atoms with van der Waals surface area (Å²) in [7, 11) is 0. The Labute approximate surface area is 37.5 Å². The third-order valence-electron chi connectivity index (χ3n) is 0. The summed E-state index contributed by atoms with van der Waals surface area (Å²) in [5.41, 5.74) is 0. The standard InChI is InChI=1S/C2H2.CH4.Ni/c1-2;;/h1-2H;1H4;. The van der Waals surface area contributed by atoms with E-state index < -0.39 is 0 Å². The maximum Gasteiger partial charge on any atom is 0 e. The fourth-order valence-electron chi connectivity index (χ4n) is 0. The van der Waals surface area contributed by atoms with E-state index in [-0.39, 0.29) is 23.9 Å². The number of terminal acetylenes is 1. The van der Waals surface area contributed by atoms with Gasteiger partial charge in [-0.05, 0) is 0 Å². The van der Waals surface area contributed by atoms with Gasteiger partial charge in [-0.15, -0.1) is 12.8 Å². The fourth-order valence-corrected chi connectivity index (χ4v) is 0. The summed E-state index contributed by atoms with van der Waals surface area (Å²) in [6, 6.07) is 0. The van der Waals surface area contributed by atoms with E-state index in [2.05, 4.69) is 12.8 Å². The Morgan fingerprint density at radius 2 is 1.00 bits per heavy atom. The van der Waals surface area contributed by atoms with Crippen molar-refractivity contribution in [3.63, 3.8) is 0 Å². The van der Waals surface area contributed by atoms with Gasteiger partial charge in [0.2, 0.25) is 0 Å². The minimum absolute atomic E-state index is 0. The van der Waals surface area contributed by atoms with Gasteiger partial charge in [-0.2, -0.15) is 0 Å². The molecular weight excluding hydrogens is 94.7 g/mol. The van der Waals surface area contributed by atoms with Crippen LogP contribution in [0.2, 0.25) is 0 Å². The summed E-state index contributed by atoms with van der Waals surface area (Å²) >= 11 is 0. The first kappa shape index (κ1) is 34.1. The molecule has 0 aromatic carbocycles. The molecule has 0 aliphatic carbocycles. The zero-order chi connectivity index (χ0) is 2.00. The number of hydrogen-bond acceptors (Lipinski definition) is 0. The molecule has 0 N–H and O–H groups in total. The maximum atomic E-state index is 4.00. The van der Waals surface area contributed by atoms with Crippen molar-refractivity contribution in [2.24, 2.45) is 0 Å². The molecule has 0 aliphatic heterocycles. The Hall–Kier alpha value is 0.0535. The third-order valence-corrected chi connectivity index (χ3v) is 0. The van der Waals surface area contributed by atoms with Crippen LogP contribution in [-0.2, 0) is 16.5 Å². The van der Waals surface area contributed by atoms with Crippen molar-refractivity contribution in [1.29, 1.82) is 0 Å². The molecule has 0 unspecified atom stereocenters. The van der Waals surface area contributed by atoms with Gasteiger partial charge in [0, 0.05) is 16.5 Å². The van der Waals surface area contributed by atoms with Crippen molar-refractivity contribution in [3.05, 3.63) is 0 Å². The predicted molar refractivity (Wildman–Crippen MR) is 16.6 cm³/mol. The SMILES string of the molecule is C.C#C.[Ni]. The van der Waals surface area contributed by atoms with E-state index in [1.807, 2.05) is 0 Å². The second-order valence-corrected chi connectivity index (χ2v) is 0. The molecule has 0 aliphatic rings. The van der Waals surface area contributed by atoms with Crippen LogP contribution in [-0.4, -0.2) is 0 Å². The van der Waals surface area contributed by atoms with Gasteiger partial charge < -0.3 is 0 Å². The molecule has 0 saturated carbocycles. The van der Waals surface area contributed by atoms with E-state index in [0.29, 0.717) is 0 Å². The normalized spacial score (nSPS) is 0.500. The molecule has 0 saturated heterocycles. The largest absolute Gasteiger partial charge is 0.124 e. The molecule has 0 spiro atoms. The topological polar surface area (TPSA) is 0 Å². The first-order chi connectivity index (χ1) is 1.00. The van der Waals surface area contributed by atoms with E-state index >= 15 is 0 Å². The van der Waals surface area contributed by atoms with Crippen molar-refractivity contribution in [1.82, 2.24) is 0 Å². The van der Waals surface area contributed by atoms with Crippen LogP contribution in [0.15, 0.2) is 0 Å². The molecule has 0 rings (SSSR count). The van der Waals surface area contributed by atoms with E-state index in [9.17, 15) is 0 Å². The minimum atomic E-state index is 0. The number of hydrogen-bond donors (Lipinski definition) is 0. The summed E-state index contributed by atoms with van der Waals surface area (Å²) in [5, 5.41) is 0. The van der Waals surface area contributed by atoms with Crippen LogP contribution in [0.4, 0.5) is 0 Å². The van der Waals surface area contributed by atoms with E-state index in [1.165, 1.54) is 0 Å². The first-order valence-electron chi connectivity index (χ1n) is 0.333. The van der Waals surface area contributed by atoms with Gasteiger partial charge in [-0.3, -0.25) is 0 Å². The summed E-state index contributed by atoms with van der Waals surface area (Å²) in [6.45, 7) is 0. The monoisotopic (exact) mass is 100.0 g/mol. The molecule has 4 heavy (non-hydrogen) atoms. The summed E-state index contributed by atoms with van der Waals surface area (Å²) in [6.07, 6.45) is 8.00. The Balaban J connectivity index is -0.00000000500. The zero-order valence-corrected chi connectivity index (χ0v) is 2.46. The van der Waals surface area contributed by atoms with E-state index in [0.717, 1.165) is 0 Å². The van der Waals surface area contributed by atoms with E-state index in [4.69, 9.17) is 0 Å². The number of rotatable bonds is 0. The van der Waals surface area contributed by atoms with Crippen molar-refractivity contribution in [3.8, 4) is 12.8 Å². The third kappa shape index (κ3) is 796. The van der Waals surface area contributed by atoms with Gasteiger partial charge in [0.1, 0.15) is 0 Å². The molecule has 0 atom stereocenters. The minimum Gasteiger partial charge on any atom is -0.124 e. The molecule has 0 nitrogen and oxygen atoms in total. The quantitative estimate of drug-likeness (QED) is 0.313.